The van der Waals surface area contributed by atoms with Crippen molar-refractivity contribution in [2.24, 2.45) is 0 Å². The fourth-order valence-electron chi connectivity index (χ4n) is 3.29. The normalized spacial score (nSPS) is 16.1. The molecule has 0 saturated heterocycles. The number of carbonyl (C=O) groups is 1. The fraction of sp³-hybridized carbons (Fsp3) is 0.474. The molecular formula is C19H25N3O2. The highest BCUT2D eigenvalue weighted by atomic mass is 16.5. The molecule has 1 aromatic heterocycles. The van der Waals surface area contributed by atoms with Gasteiger partial charge in [0.15, 0.2) is 0 Å². The molecule has 1 atom stereocenters. The van der Waals surface area contributed by atoms with Crippen molar-refractivity contribution in [2.45, 2.75) is 52.6 Å². The van der Waals surface area contributed by atoms with E-state index in [4.69, 9.17) is 4.74 Å². The summed E-state index contributed by atoms with van der Waals surface area (Å²) in [6.45, 7) is 8.79. The molecule has 2 aromatic rings. The molecule has 2 heterocycles. The Morgan fingerprint density at radius 2 is 2.08 bits per heavy atom. The van der Waals surface area contributed by atoms with Gasteiger partial charge in [0.2, 0.25) is 0 Å². The standard InChI is InChI=1S/C19H25N3O2/c1-5-14(6-2)22-13(4)10-16(21-22)19(23)20-17-11-24-18-8-7-12(3)9-15(17)18/h7-10,14,17H,5-6,11H2,1-4H3,(H,20,23)/t17-/m0/s1. The Labute approximate surface area is 143 Å². The molecule has 0 saturated carbocycles. The monoisotopic (exact) mass is 327 g/mol. The molecule has 0 fully saturated rings. The van der Waals surface area contributed by atoms with Crippen molar-refractivity contribution in [1.82, 2.24) is 15.1 Å². The maximum atomic E-state index is 12.6. The van der Waals surface area contributed by atoms with E-state index in [-0.39, 0.29) is 11.9 Å². The summed E-state index contributed by atoms with van der Waals surface area (Å²) in [7, 11) is 0. The minimum absolute atomic E-state index is 0.119. The molecule has 0 aliphatic carbocycles. The molecule has 0 spiro atoms. The zero-order chi connectivity index (χ0) is 17.3. The summed E-state index contributed by atoms with van der Waals surface area (Å²) in [5.74, 6) is 0.704. The summed E-state index contributed by atoms with van der Waals surface area (Å²) >= 11 is 0. The van der Waals surface area contributed by atoms with Gasteiger partial charge < -0.3 is 10.1 Å². The molecule has 1 amide bonds. The van der Waals surface area contributed by atoms with Gasteiger partial charge in [-0.25, -0.2) is 0 Å². The van der Waals surface area contributed by atoms with Gasteiger partial charge in [-0.2, -0.15) is 5.10 Å². The third kappa shape index (κ3) is 3.03. The van der Waals surface area contributed by atoms with E-state index in [1.807, 2.05) is 36.7 Å². The van der Waals surface area contributed by atoms with Gasteiger partial charge in [-0.15, -0.1) is 0 Å². The van der Waals surface area contributed by atoms with Gasteiger partial charge in [0.05, 0.1) is 12.1 Å². The summed E-state index contributed by atoms with van der Waals surface area (Å²) < 4.78 is 7.63. The molecule has 1 aliphatic rings. The molecule has 0 unspecified atom stereocenters. The van der Waals surface area contributed by atoms with Crippen LogP contribution in [0, 0.1) is 13.8 Å². The van der Waals surface area contributed by atoms with E-state index in [9.17, 15) is 4.79 Å². The van der Waals surface area contributed by atoms with Gasteiger partial charge in [0, 0.05) is 11.3 Å². The second-order valence-electron chi connectivity index (χ2n) is 6.46. The zero-order valence-electron chi connectivity index (χ0n) is 14.8. The van der Waals surface area contributed by atoms with E-state index in [1.54, 1.807) is 0 Å². The SMILES string of the molecule is CCC(CC)n1nc(C(=O)N[C@H]2COc3ccc(C)cc32)cc1C. The molecule has 3 rings (SSSR count). The molecule has 1 N–H and O–H groups in total. The van der Waals surface area contributed by atoms with Crippen LogP contribution in [0.4, 0.5) is 0 Å². The second-order valence-corrected chi connectivity index (χ2v) is 6.46. The van der Waals surface area contributed by atoms with Gasteiger partial charge in [-0.3, -0.25) is 9.48 Å². The highest BCUT2D eigenvalue weighted by molar-refractivity contribution is 5.92. The molecule has 24 heavy (non-hydrogen) atoms. The quantitative estimate of drug-likeness (QED) is 0.910. The number of hydrogen-bond acceptors (Lipinski definition) is 3. The lowest BCUT2D eigenvalue weighted by atomic mass is 10.1. The first-order chi connectivity index (χ1) is 11.5. The van der Waals surface area contributed by atoms with Gasteiger partial charge in [-0.1, -0.05) is 31.5 Å². The summed E-state index contributed by atoms with van der Waals surface area (Å²) in [4.78, 5) is 12.6. The molecule has 5 nitrogen and oxygen atoms in total. The Morgan fingerprint density at radius 3 is 2.79 bits per heavy atom. The molecule has 5 heteroatoms. The van der Waals surface area contributed by atoms with Crippen LogP contribution in [0.2, 0.25) is 0 Å². The van der Waals surface area contributed by atoms with Crippen molar-refractivity contribution >= 4 is 5.91 Å². The third-order valence-electron chi connectivity index (χ3n) is 4.69. The number of ether oxygens (including phenoxy) is 1. The second kappa shape index (κ2) is 6.67. The first-order valence-corrected chi connectivity index (χ1v) is 8.63. The maximum absolute atomic E-state index is 12.6. The molecule has 0 bridgehead atoms. The van der Waals surface area contributed by atoms with Crippen LogP contribution in [0.1, 0.15) is 66.1 Å². The van der Waals surface area contributed by atoms with E-state index >= 15 is 0 Å². The van der Waals surface area contributed by atoms with Crippen molar-refractivity contribution in [2.75, 3.05) is 6.61 Å². The molecule has 1 aliphatic heterocycles. The lowest BCUT2D eigenvalue weighted by Crippen LogP contribution is -2.30. The smallest absolute Gasteiger partial charge is 0.272 e. The number of aromatic nitrogens is 2. The van der Waals surface area contributed by atoms with E-state index < -0.39 is 0 Å². The van der Waals surface area contributed by atoms with Gasteiger partial charge in [-0.05, 0) is 38.8 Å². The lowest BCUT2D eigenvalue weighted by molar-refractivity contribution is 0.0924. The Bertz CT molecular complexity index is 747. The maximum Gasteiger partial charge on any atom is 0.272 e. The molecule has 0 radical (unpaired) electrons. The van der Waals surface area contributed by atoms with Gasteiger partial charge in [0.1, 0.15) is 18.1 Å². The first kappa shape index (κ1) is 16.6. The van der Waals surface area contributed by atoms with Gasteiger partial charge >= 0.3 is 0 Å². The van der Waals surface area contributed by atoms with Crippen molar-refractivity contribution in [1.29, 1.82) is 0 Å². The van der Waals surface area contributed by atoms with Crippen molar-refractivity contribution < 1.29 is 9.53 Å². The predicted octanol–water partition coefficient (Wildman–Crippen LogP) is 3.72. The molecule has 1 aromatic carbocycles. The summed E-state index contributed by atoms with van der Waals surface area (Å²) in [5.41, 5.74) is 3.69. The van der Waals surface area contributed by atoms with Crippen LogP contribution in [0.15, 0.2) is 24.3 Å². The highest BCUT2D eigenvalue weighted by Gasteiger charge is 2.27. The highest BCUT2D eigenvalue weighted by Crippen LogP contribution is 2.33. The van der Waals surface area contributed by atoms with Crippen LogP contribution in [0.3, 0.4) is 0 Å². The first-order valence-electron chi connectivity index (χ1n) is 8.63. The van der Waals surface area contributed by atoms with Crippen molar-refractivity contribution in [3.63, 3.8) is 0 Å². The van der Waals surface area contributed by atoms with Crippen LogP contribution in [-0.4, -0.2) is 22.3 Å². The number of rotatable bonds is 5. The Balaban J connectivity index is 1.78. The largest absolute Gasteiger partial charge is 0.491 e. The number of fused-ring (bicyclic) bond motifs is 1. The Hall–Kier alpha value is -2.30. The average molecular weight is 327 g/mol. The van der Waals surface area contributed by atoms with E-state index in [2.05, 4.69) is 30.3 Å². The number of nitrogens with zero attached hydrogens (tertiary/aromatic N) is 2. The number of carbonyl (C=O) groups excluding carboxylic acids is 1. The number of hydrogen-bond donors (Lipinski definition) is 1. The third-order valence-corrected chi connectivity index (χ3v) is 4.69. The number of nitrogens with one attached hydrogen (secondary N) is 1. The lowest BCUT2D eigenvalue weighted by Gasteiger charge is -2.15. The summed E-state index contributed by atoms with van der Waals surface area (Å²) in [5, 5.41) is 7.59. The van der Waals surface area contributed by atoms with E-state index in [0.29, 0.717) is 18.3 Å². The average Bonchev–Trinajstić information content (AvgIpc) is 3.13. The molecule has 128 valence electrons. The predicted molar refractivity (Wildman–Crippen MR) is 93.5 cm³/mol. The van der Waals surface area contributed by atoms with Crippen molar-refractivity contribution in [3.8, 4) is 5.75 Å². The minimum atomic E-state index is -0.147. The Kier molecular flexibility index (Phi) is 4.60. The van der Waals surface area contributed by atoms with Crippen LogP contribution < -0.4 is 10.1 Å². The van der Waals surface area contributed by atoms with Crippen LogP contribution in [-0.2, 0) is 0 Å². The summed E-state index contributed by atoms with van der Waals surface area (Å²) in [6.07, 6.45) is 2.01. The number of aryl methyl sites for hydroxylation is 2. The number of amides is 1. The Morgan fingerprint density at radius 1 is 1.33 bits per heavy atom. The summed E-state index contributed by atoms with van der Waals surface area (Å²) in [6, 6.07) is 8.13. The zero-order valence-corrected chi connectivity index (χ0v) is 14.8. The van der Waals surface area contributed by atoms with Crippen LogP contribution in [0.25, 0.3) is 0 Å². The van der Waals surface area contributed by atoms with E-state index in [1.165, 1.54) is 0 Å². The van der Waals surface area contributed by atoms with E-state index in [0.717, 1.165) is 35.4 Å². The molecular weight excluding hydrogens is 302 g/mol. The topological polar surface area (TPSA) is 56.2 Å². The van der Waals surface area contributed by atoms with Crippen LogP contribution in [0.5, 0.6) is 5.75 Å². The number of benzene rings is 1. The fourth-order valence-corrected chi connectivity index (χ4v) is 3.29. The minimum Gasteiger partial charge on any atom is -0.491 e. The van der Waals surface area contributed by atoms with Crippen molar-refractivity contribution in [3.05, 3.63) is 46.8 Å². The van der Waals surface area contributed by atoms with Gasteiger partial charge in [0.25, 0.3) is 5.91 Å². The van der Waals surface area contributed by atoms with Crippen LogP contribution >= 0.6 is 0 Å².